The standard InChI is InChI=1S/C22H20ClN3O5/c1-12-9-17(18(29-4)10-16(12)23)25-20(27)14(3)31-22(28)19-13(2)30-21(15(19)11-24)26-7-5-6-8-26/h5-10,14H,1-4H3,(H,25,27). The Kier molecular flexibility index (Phi) is 6.37. The van der Waals surface area contributed by atoms with Gasteiger partial charge in [0.15, 0.2) is 6.10 Å². The number of nitrogens with zero attached hydrogens (tertiary/aromatic N) is 2. The van der Waals surface area contributed by atoms with Gasteiger partial charge in [-0.1, -0.05) is 11.6 Å². The van der Waals surface area contributed by atoms with Crippen molar-refractivity contribution in [3.8, 4) is 17.7 Å². The molecule has 2 aromatic heterocycles. The topological polar surface area (TPSA) is 106 Å². The van der Waals surface area contributed by atoms with Crippen LogP contribution in [0.3, 0.4) is 0 Å². The van der Waals surface area contributed by atoms with Gasteiger partial charge in [0.05, 0.1) is 12.8 Å². The summed E-state index contributed by atoms with van der Waals surface area (Å²) in [5.74, 6) is -0.615. The zero-order valence-corrected chi connectivity index (χ0v) is 18.1. The van der Waals surface area contributed by atoms with Gasteiger partial charge >= 0.3 is 5.97 Å². The minimum absolute atomic E-state index is 0.0224. The molecule has 0 aliphatic heterocycles. The Balaban J connectivity index is 1.79. The lowest BCUT2D eigenvalue weighted by Gasteiger charge is -2.16. The lowest BCUT2D eigenvalue weighted by Crippen LogP contribution is -2.30. The zero-order chi connectivity index (χ0) is 22.7. The molecule has 2 heterocycles. The van der Waals surface area contributed by atoms with E-state index in [1.165, 1.54) is 14.0 Å². The van der Waals surface area contributed by atoms with Gasteiger partial charge in [0.2, 0.25) is 5.88 Å². The Bertz CT molecular complexity index is 1170. The van der Waals surface area contributed by atoms with Gasteiger partial charge in [-0.25, -0.2) is 4.79 Å². The molecule has 8 nitrogen and oxygen atoms in total. The second-order valence-corrected chi connectivity index (χ2v) is 7.16. The number of methoxy groups -OCH3 is 1. The van der Waals surface area contributed by atoms with Crippen molar-refractivity contribution in [3.63, 3.8) is 0 Å². The predicted molar refractivity (Wildman–Crippen MR) is 114 cm³/mol. The molecule has 160 valence electrons. The summed E-state index contributed by atoms with van der Waals surface area (Å²) in [6.07, 6.45) is 2.22. The number of ether oxygens (including phenoxy) is 2. The molecule has 0 aliphatic carbocycles. The molecule has 0 bridgehead atoms. The molecule has 0 spiro atoms. The highest BCUT2D eigenvalue weighted by Crippen LogP contribution is 2.31. The molecule has 0 aliphatic rings. The van der Waals surface area contributed by atoms with E-state index >= 15 is 0 Å². The number of anilines is 1. The highest BCUT2D eigenvalue weighted by atomic mass is 35.5. The minimum atomic E-state index is -1.15. The van der Waals surface area contributed by atoms with Crippen LogP contribution in [0.2, 0.25) is 5.02 Å². The summed E-state index contributed by atoms with van der Waals surface area (Å²) in [6, 6.07) is 8.74. The van der Waals surface area contributed by atoms with Crippen molar-refractivity contribution in [2.75, 3.05) is 12.4 Å². The molecule has 3 rings (SSSR count). The first kappa shape index (κ1) is 22.0. The molecule has 0 saturated heterocycles. The minimum Gasteiger partial charge on any atom is -0.495 e. The lowest BCUT2D eigenvalue weighted by atomic mass is 10.1. The fraction of sp³-hybridized carbons (Fsp3) is 0.227. The average molecular weight is 442 g/mol. The summed E-state index contributed by atoms with van der Waals surface area (Å²) < 4.78 is 17.7. The number of carbonyl (C=O) groups excluding carboxylic acids is 2. The average Bonchev–Trinajstić information content (AvgIpc) is 3.37. The predicted octanol–water partition coefficient (Wildman–Crippen LogP) is 4.40. The molecule has 1 aromatic carbocycles. The smallest absolute Gasteiger partial charge is 0.343 e. The first-order chi connectivity index (χ1) is 14.8. The van der Waals surface area contributed by atoms with Crippen LogP contribution < -0.4 is 10.1 Å². The van der Waals surface area contributed by atoms with Crippen molar-refractivity contribution in [1.82, 2.24) is 4.57 Å². The number of benzene rings is 1. The van der Waals surface area contributed by atoms with Gasteiger partial charge in [-0.2, -0.15) is 5.26 Å². The number of rotatable bonds is 6. The Morgan fingerprint density at radius 3 is 2.55 bits per heavy atom. The first-order valence-electron chi connectivity index (χ1n) is 9.29. The van der Waals surface area contributed by atoms with Crippen molar-refractivity contribution in [2.45, 2.75) is 26.9 Å². The summed E-state index contributed by atoms with van der Waals surface area (Å²) >= 11 is 6.08. The van der Waals surface area contributed by atoms with Gasteiger partial charge in [0.25, 0.3) is 5.91 Å². The molecule has 1 amide bonds. The SMILES string of the molecule is COc1cc(Cl)c(C)cc1NC(=O)C(C)OC(=O)c1c(C)oc(-n2cccc2)c1C#N. The van der Waals surface area contributed by atoms with E-state index in [0.29, 0.717) is 16.5 Å². The molecule has 9 heteroatoms. The van der Waals surface area contributed by atoms with Crippen molar-refractivity contribution in [1.29, 1.82) is 5.26 Å². The van der Waals surface area contributed by atoms with Crippen molar-refractivity contribution >= 4 is 29.2 Å². The Hall–Kier alpha value is -3.70. The maximum atomic E-state index is 12.8. The molecule has 0 radical (unpaired) electrons. The highest BCUT2D eigenvalue weighted by molar-refractivity contribution is 6.31. The van der Waals surface area contributed by atoms with E-state index in [1.54, 1.807) is 55.1 Å². The number of hydrogen-bond acceptors (Lipinski definition) is 6. The zero-order valence-electron chi connectivity index (χ0n) is 17.4. The van der Waals surface area contributed by atoms with Crippen LogP contribution in [-0.2, 0) is 9.53 Å². The number of furan rings is 1. The van der Waals surface area contributed by atoms with E-state index in [2.05, 4.69) is 5.32 Å². The fourth-order valence-corrected chi connectivity index (χ4v) is 3.12. The van der Waals surface area contributed by atoms with E-state index in [4.69, 9.17) is 25.5 Å². The van der Waals surface area contributed by atoms with Gasteiger partial charge in [-0.3, -0.25) is 9.36 Å². The number of carbonyl (C=O) groups is 2. The number of esters is 1. The Labute approximate surface area is 183 Å². The Morgan fingerprint density at radius 1 is 1.26 bits per heavy atom. The van der Waals surface area contributed by atoms with Crippen LogP contribution in [-0.4, -0.2) is 29.7 Å². The van der Waals surface area contributed by atoms with Gasteiger partial charge in [0, 0.05) is 23.5 Å². The number of aromatic nitrogens is 1. The van der Waals surface area contributed by atoms with E-state index in [-0.39, 0.29) is 22.8 Å². The largest absolute Gasteiger partial charge is 0.495 e. The third kappa shape index (κ3) is 4.42. The number of hydrogen-bond donors (Lipinski definition) is 1. The van der Waals surface area contributed by atoms with E-state index in [9.17, 15) is 14.9 Å². The van der Waals surface area contributed by atoms with Gasteiger partial charge in [-0.15, -0.1) is 0 Å². The monoisotopic (exact) mass is 441 g/mol. The van der Waals surface area contributed by atoms with Crippen molar-refractivity contribution in [2.24, 2.45) is 0 Å². The van der Waals surface area contributed by atoms with Crippen LogP contribution >= 0.6 is 11.6 Å². The quantitative estimate of drug-likeness (QED) is 0.568. The molecule has 31 heavy (non-hydrogen) atoms. The van der Waals surface area contributed by atoms with E-state index < -0.39 is 18.0 Å². The van der Waals surface area contributed by atoms with Crippen LogP contribution in [0.5, 0.6) is 5.75 Å². The van der Waals surface area contributed by atoms with Crippen LogP contribution in [0, 0.1) is 25.2 Å². The number of halogens is 1. The molecular weight excluding hydrogens is 422 g/mol. The molecule has 1 atom stereocenters. The van der Waals surface area contributed by atoms with Crippen molar-refractivity contribution < 1.29 is 23.5 Å². The van der Waals surface area contributed by atoms with Crippen molar-refractivity contribution in [3.05, 3.63) is 64.1 Å². The van der Waals surface area contributed by atoms with Crippen LogP contribution in [0.25, 0.3) is 5.88 Å². The maximum absolute atomic E-state index is 12.8. The summed E-state index contributed by atoms with van der Waals surface area (Å²) in [6.45, 7) is 4.77. The molecule has 1 unspecified atom stereocenters. The lowest BCUT2D eigenvalue weighted by molar-refractivity contribution is -0.123. The third-order valence-electron chi connectivity index (χ3n) is 4.61. The number of nitrogens with one attached hydrogen (secondary N) is 1. The molecule has 3 aromatic rings. The maximum Gasteiger partial charge on any atom is 0.343 e. The summed E-state index contributed by atoms with van der Waals surface area (Å²) in [4.78, 5) is 25.4. The van der Waals surface area contributed by atoms with E-state index in [0.717, 1.165) is 5.56 Å². The summed E-state index contributed by atoms with van der Waals surface area (Å²) in [7, 11) is 1.45. The van der Waals surface area contributed by atoms with Gasteiger partial charge < -0.3 is 19.2 Å². The summed E-state index contributed by atoms with van der Waals surface area (Å²) in [5, 5.41) is 12.7. The van der Waals surface area contributed by atoms with E-state index in [1.807, 2.05) is 6.07 Å². The first-order valence-corrected chi connectivity index (χ1v) is 9.67. The summed E-state index contributed by atoms with van der Waals surface area (Å²) in [5.41, 5.74) is 1.14. The number of amides is 1. The second kappa shape index (κ2) is 8.98. The van der Waals surface area contributed by atoms with Crippen LogP contribution in [0.4, 0.5) is 5.69 Å². The Morgan fingerprint density at radius 2 is 1.94 bits per heavy atom. The molecule has 1 N–H and O–H groups in total. The molecular formula is C22H20ClN3O5. The normalized spacial score (nSPS) is 11.5. The van der Waals surface area contributed by atoms with Crippen LogP contribution in [0.15, 0.2) is 41.1 Å². The van der Waals surface area contributed by atoms with Gasteiger partial charge in [-0.05, 0) is 44.5 Å². The van der Waals surface area contributed by atoms with Crippen LogP contribution in [0.1, 0.15) is 34.2 Å². The molecule has 0 fully saturated rings. The molecule has 0 saturated carbocycles. The third-order valence-corrected chi connectivity index (χ3v) is 5.02. The second-order valence-electron chi connectivity index (χ2n) is 6.75. The van der Waals surface area contributed by atoms with Gasteiger partial charge in [0.1, 0.15) is 28.7 Å². The number of nitriles is 1. The number of aryl methyl sites for hydroxylation is 2. The highest BCUT2D eigenvalue weighted by Gasteiger charge is 2.28. The fourth-order valence-electron chi connectivity index (χ4n) is 2.97.